The van der Waals surface area contributed by atoms with Crippen molar-refractivity contribution in [1.82, 2.24) is 20.1 Å². The highest BCUT2D eigenvalue weighted by Crippen LogP contribution is 2.05. The summed E-state index contributed by atoms with van der Waals surface area (Å²) in [5.41, 5.74) is 2.18. The number of pyridine rings is 1. The molecule has 0 bridgehead atoms. The number of amides is 1. The number of benzene rings is 1. The molecule has 1 fully saturated rings. The topological polar surface area (TPSA) is 48.5 Å². The Balaban J connectivity index is 1.34. The fourth-order valence-electron chi connectivity index (χ4n) is 2.99. The lowest BCUT2D eigenvalue weighted by atomic mass is 10.2. The van der Waals surface area contributed by atoms with Gasteiger partial charge in [0, 0.05) is 45.5 Å². The SMILES string of the molecule is O=C(CNCc1ccccn1)N1CCN(C/C=C/c2ccccc2)CC1. The molecule has 1 N–H and O–H groups in total. The Hall–Kier alpha value is -2.50. The monoisotopic (exact) mass is 350 g/mol. The highest BCUT2D eigenvalue weighted by atomic mass is 16.2. The molecule has 0 aliphatic carbocycles. The van der Waals surface area contributed by atoms with E-state index in [-0.39, 0.29) is 5.91 Å². The first-order valence-corrected chi connectivity index (χ1v) is 9.13. The van der Waals surface area contributed by atoms with Crippen molar-refractivity contribution in [3.8, 4) is 0 Å². The number of rotatable bonds is 7. The zero-order valence-corrected chi connectivity index (χ0v) is 15.1. The number of hydrogen-bond donors (Lipinski definition) is 1. The van der Waals surface area contributed by atoms with E-state index in [1.165, 1.54) is 5.56 Å². The van der Waals surface area contributed by atoms with Gasteiger partial charge in [-0.2, -0.15) is 0 Å². The summed E-state index contributed by atoms with van der Waals surface area (Å²) in [6, 6.07) is 16.1. The van der Waals surface area contributed by atoms with Crippen LogP contribution in [0.2, 0.25) is 0 Å². The third kappa shape index (κ3) is 5.79. The van der Waals surface area contributed by atoms with Crippen molar-refractivity contribution in [1.29, 1.82) is 0 Å². The van der Waals surface area contributed by atoms with Gasteiger partial charge in [-0.3, -0.25) is 14.7 Å². The smallest absolute Gasteiger partial charge is 0.236 e. The van der Waals surface area contributed by atoms with Crippen LogP contribution in [0, 0.1) is 0 Å². The Labute approximate surface area is 155 Å². The van der Waals surface area contributed by atoms with Crippen molar-refractivity contribution >= 4 is 12.0 Å². The molecule has 0 radical (unpaired) electrons. The van der Waals surface area contributed by atoms with Crippen LogP contribution in [0.15, 0.2) is 60.8 Å². The number of carbonyl (C=O) groups excluding carboxylic acids is 1. The molecule has 5 nitrogen and oxygen atoms in total. The van der Waals surface area contributed by atoms with E-state index >= 15 is 0 Å². The Bertz CT molecular complexity index is 694. The average molecular weight is 350 g/mol. The number of piperazine rings is 1. The van der Waals surface area contributed by atoms with E-state index in [1.54, 1.807) is 6.20 Å². The summed E-state index contributed by atoms with van der Waals surface area (Å²) in [5, 5.41) is 3.18. The van der Waals surface area contributed by atoms with Crippen LogP contribution in [0.4, 0.5) is 0 Å². The first kappa shape index (κ1) is 18.3. The fraction of sp³-hybridized carbons (Fsp3) is 0.333. The molecular formula is C21H26N4O. The molecule has 1 aliphatic heterocycles. The maximum atomic E-state index is 12.3. The molecular weight excluding hydrogens is 324 g/mol. The second kappa shape index (κ2) is 9.85. The molecule has 0 saturated carbocycles. The molecule has 1 aromatic carbocycles. The van der Waals surface area contributed by atoms with E-state index in [1.807, 2.05) is 41.3 Å². The minimum absolute atomic E-state index is 0.167. The third-order valence-electron chi connectivity index (χ3n) is 4.51. The first-order chi connectivity index (χ1) is 12.8. The molecule has 1 aliphatic rings. The van der Waals surface area contributed by atoms with E-state index in [4.69, 9.17) is 0 Å². The number of carbonyl (C=O) groups is 1. The first-order valence-electron chi connectivity index (χ1n) is 9.13. The van der Waals surface area contributed by atoms with Gasteiger partial charge in [-0.05, 0) is 17.7 Å². The van der Waals surface area contributed by atoms with Crippen molar-refractivity contribution in [2.24, 2.45) is 0 Å². The highest BCUT2D eigenvalue weighted by Gasteiger charge is 2.19. The Morgan fingerprint density at radius 3 is 2.54 bits per heavy atom. The largest absolute Gasteiger partial charge is 0.339 e. The fourth-order valence-corrected chi connectivity index (χ4v) is 2.99. The van der Waals surface area contributed by atoms with Crippen LogP contribution in [-0.4, -0.2) is 60.0 Å². The quantitative estimate of drug-likeness (QED) is 0.830. The standard InChI is InChI=1S/C21H26N4O/c26-21(18-22-17-20-10-4-5-11-23-20)25-15-13-24(14-16-25)12-6-9-19-7-2-1-3-8-19/h1-11,22H,12-18H2/b9-6+. The number of nitrogens with zero attached hydrogens (tertiary/aromatic N) is 3. The van der Waals surface area contributed by atoms with Crippen LogP contribution in [0.1, 0.15) is 11.3 Å². The Morgan fingerprint density at radius 2 is 1.81 bits per heavy atom. The zero-order chi connectivity index (χ0) is 18.0. The average Bonchev–Trinajstić information content (AvgIpc) is 2.70. The summed E-state index contributed by atoms with van der Waals surface area (Å²) >= 11 is 0. The van der Waals surface area contributed by atoms with E-state index in [0.29, 0.717) is 13.1 Å². The molecule has 1 saturated heterocycles. The van der Waals surface area contributed by atoms with Gasteiger partial charge >= 0.3 is 0 Å². The molecule has 2 heterocycles. The van der Waals surface area contributed by atoms with Crippen LogP contribution < -0.4 is 5.32 Å². The molecule has 0 spiro atoms. The van der Waals surface area contributed by atoms with E-state index in [2.05, 4.69) is 39.5 Å². The maximum Gasteiger partial charge on any atom is 0.236 e. The zero-order valence-electron chi connectivity index (χ0n) is 15.1. The molecule has 0 unspecified atom stereocenters. The predicted octanol–water partition coefficient (Wildman–Crippen LogP) is 2.03. The maximum absolute atomic E-state index is 12.3. The van der Waals surface area contributed by atoms with Gasteiger partial charge in [0.25, 0.3) is 0 Å². The summed E-state index contributed by atoms with van der Waals surface area (Å²) in [5.74, 6) is 0.167. The molecule has 1 amide bonds. The minimum Gasteiger partial charge on any atom is -0.339 e. The third-order valence-corrected chi connectivity index (χ3v) is 4.51. The van der Waals surface area contributed by atoms with Crippen molar-refractivity contribution in [3.63, 3.8) is 0 Å². The van der Waals surface area contributed by atoms with Crippen molar-refractivity contribution in [2.75, 3.05) is 39.3 Å². The van der Waals surface area contributed by atoms with Gasteiger partial charge in [0.05, 0.1) is 12.2 Å². The summed E-state index contributed by atoms with van der Waals surface area (Å²) in [4.78, 5) is 20.9. The van der Waals surface area contributed by atoms with Crippen LogP contribution in [-0.2, 0) is 11.3 Å². The molecule has 26 heavy (non-hydrogen) atoms. The normalized spacial score (nSPS) is 15.5. The number of hydrogen-bond acceptors (Lipinski definition) is 4. The summed E-state index contributed by atoms with van der Waals surface area (Å²) in [6.07, 6.45) is 6.12. The minimum atomic E-state index is 0.167. The Morgan fingerprint density at radius 1 is 1.04 bits per heavy atom. The van der Waals surface area contributed by atoms with E-state index in [9.17, 15) is 4.79 Å². The lowest BCUT2D eigenvalue weighted by molar-refractivity contribution is -0.131. The molecule has 136 valence electrons. The van der Waals surface area contributed by atoms with Gasteiger partial charge < -0.3 is 10.2 Å². The second-order valence-corrected chi connectivity index (χ2v) is 6.42. The molecule has 2 aromatic rings. The predicted molar refractivity (Wildman–Crippen MR) is 104 cm³/mol. The second-order valence-electron chi connectivity index (χ2n) is 6.42. The summed E-state index contributed by atoms with van der Waals surface area (Å²) in [6.45, 7) is 5.35. The number of aromatic nitrogens is 1. The molecule has 3 rings (SSSR count). The van der Waals surface area contributed by atoms with Gasteiger partial charge in [0.2, 0.25) is 5.91 Å². The lowest BCUT2D eigenvalue weighted by Gasteiger charge is -2.34. The molecule has 0 atom stereocenters. The van der Waals surface area contributed by atoms with Gasteiger partial charge in [-0.15, -0.1) is 0 Å². The molecule has 1 aromatic heterocycles. The van der Waals surface area contributed by atoms with Gasteiger partial charge in [-0.1, -0.05) is 48.6 Å². The van der Waals surface area contributed by atoms with E-state index < -0.39 is 0 Å². The lowest BCUT2D eigenvalue weighted by Crippen LogP contribution is -2.50. The van der Waals surface area contributed by atoms with Crippen molar-refractivity contribution in [3.05, 3.63) is 72.1 Å². The van der Waals surface area contributed by atoms with Gasteiger partial charge in [-0.25, -0.2) is 0 Å². The highest BCUT2D eigenvalue weighted by molar-refractivity contribution is 5.78. The summed E-state index contributed by atoms with van der Waals surface area (Å²) in [7, 11) is 0. The van der Waals surface area contributed by atoms with Crippen molar-refractivity contribution in [2.45, 2.75) is 6.54 Å². The Kier molecular flexibility index (Phi) is 6.93. The van der Waals surface area contributed by atoms with Gasteiger partial charge in [0.15, 0.2) is 0 Å². The van der Waals surface area contributed by atoms with Crippen molar-refractivity contribution < 1.29 is 4.79 Å². The van der Waals surface area contributed by atoms with Crippen LogP contribution in [0.5, 0.6) is 0 Å². The van der Waals surface area contributed by atoms with Crippen LogP contribution >= 0.6 is 0 Å². The number of nitrogens with one attached hydrogen (secondary N) is 1. The van der Waals surface area contributed by atoms with Crippen LogP contribution in [0.25, 0.3) is 6.08 Å². The van der Waals surface area contributed by atoms with Gasteiger partial charge in [0.1, 0.15) is 0 Å². The summed E-state index contributed by atoms with van der Waals surface area (Å²) < 4.78 is 0. The van der Waals surface area contributed by atoms with Crippen LogP contribution in [0.3, 0.4) is 0 Å². The molecule has 5 heteroatoms. The van der Waals surface area contributed by atoms with E-state index in [0.717, 1.165) is 38.4 Å².